The summed E-state index contributed by atoms with van der Waals surface area (Å²) in [4.78, 5) is 0. The second-order valence-electron chi connectivity index (χ2n) is 5.74. The van der Waals surface area contributed by atoms with E-state index in [2.05, 4.69) is 0 Å². The molecule has 2 fully saturated rings. The normalized spacial score (nSPS) is 30.5. The van der Waals surface area contributed by atoms with Gasteiger partial charge in [0.2, 0.25) is 0 Å². The van der Waals surface area contributed by atoms with E-state index < -0.39 is 10.2 Å². The summed E-state index contributed by atoms with van der Waals surface area (Å²) in [5, 5.41) is 0. The van der Waals surface area contributed by atoms with Gasteiger partial charge in [0.05, 0.1) is 6.61 Å². The van der Waals surface area contributed by atoms with Gasteiger partial charge in [0, 0.05) is 38.7 Å². The summed E-state index contributed by atoms with van der Waals surface area (Å²) in [5.41, 5.74) is 0. The predicted octanol–water partition coefficient (Wildman–Crippen LogP) is 1.68. The minimum atomic E-state index is -3.37. The zero-order valence-corrected chi connectivity index (χ0v) is 13.7. The van der Waals surface area contributed by atoms with Crippen molar-refractivity contribution in [3.8, 4) is 0 Å². The van der Waals surface area contributed by atoms with Gasteiger partial charge in [-0.05, 0) is 31.6 Å². The minimum Gasteiger partial charge on any atom is -0.384 e. The molecule has 0 radical (unpaired) electrons. The Morgan fingerprint density at radius 2 is 2.00 bits per heavy atom. The topological polar surface area (TPSA) is 49.9 Å². The lowest BCUT2D eigenvalue weighted by atomic mass is 10.0. The molecule has 0 amide bonds. The summed E-state index contributed by atoms with van der Waals surface area (Å²) >= 11 is 5.95. The van der Waals surface area contributed by atoms with Crippen molar-refractivity contribution in [2.45, 2.75) is 38.1 Å². The fourth-order valence-electron chi connectivity index (χ4n) is 3.19. The molecule has 118 valence electrons. The average Bonchev–Trinajstić information content (AvgIpc) is 2.48. The largest absolute Gasteiger partial charge is 0.384 e. The van der Waals surface area contributed by atoms with E-state index in [9.17, 15) is 8.42 Å². The molecule has 5 nitrogen and oxygen atoms in total. The SMILES string of the molecule is COCC1CCCN(S(=O)(=O)N2CCCCC2CCl)C1. The van der Waals surface area contributed by atoms with Crippen LogP contribution in [-0.4, -0.2) is 62.3 Å². The Morgan fingerprint density at radius 3 is 2.70 bits per heavy atom. The van der Waals surface area contributed by atoms with Gasteiger partial charge < -0.3 is 4.74 Å². The molecule has 0 saturated carbocycles. The summed E-state index contributed by atoms with van der Waals surface area (Å²) in [6.45, 7) is 2.42. The molecule has 0 aromatic carbocycles. The van der Waals surface area contributed by atoms with E-state index in [-0.39, 0.29) is 6.04 Å². The summed E-state index contributed by atoms with van der Waals surface area (Å²) in [6.07, 6.45) is 4.82. The average molecular weight is 325 g/mol. The molecular formula is C13H25ClN2O3S. The van der Waals surface area contributed by atoms with Crippen LogP contribution in [0.1, 0.15) is 32.1 Å². The Morgan fingerprint density at radius 1 is 1.20 bits per heavy atom. The van der Waals surface area contributed by atoms with Crippen molar-refractivity contribution in [3.63, 3.8) is 0 Å². The van der Waals surface area contributed by atoms with Gasteiger partial charge in [-0.1, -0.05) is 6.42 Å². The summed E-state index contributed by atoms with van der Waals surface area (Å²) < 4.78 is 34.1. The molecule has 2 atom stereocenters. The van der Waals surface area contributed by atoms with Gasteiger partial charge in [-0.2, -0.15) is 17.0 Å². The maximum Gasteiger partial charge on any atom is 0.282 e. The van der Waals surface area contributed by atoms with Crippen molar-refractivity contribution in [1.82, 2.24) is 8.61 Å². The van der Waals surface area contributed by atoms with Crippen molar-refractivity contribution in [2.24, 2.45) is 5.92 Å². The molecule has 2 aliphatic rings. The number of rotatable bonds is 5. The van der Waals surface area contributed by atoms with E-state index in [1.165, 1.54) is 0 Å². The summed E-state index contributed by atoms with van der Waals surface area (Å²) in [5.74, 6) is 0.692. The molecular weight excluding hydrogens is 300 g/mol. The molecule has 2 saturated heterocycles. The number of hydrogen-bond donors (Lipinski definition) is 0. The van der Waals surface area contributed by atoms with E-state index >= 15 is 0 Å². The van der Waals surface area contributed by atoms with Crippen molar-refractivity contribution >= 4 is 21.8 Å². The number of methoxy groups -OCH3 is 1. The third kappa shape index (κ3) is 3.65. The maximum atomic E-state index is 12.8. The number of ether oxygens (including phenoxy) is 1. The van der Waals surface area contributed by atoms with Crippen LogP contribution in [0, 0.1) is 5.92 Å². The highest BCUT2D eigenvalue weighted by atomic mass is 35.5. The van der Waals surface area contributed by atoms with Crippen molar-refractivity contribution in [1.29, 1.82) is 0 Å². The molecule has 20 heavy (non-hydrogen) atoms. The van der Waals surface area contributed by atoms with Gasteiger partial charge in [-0.3, -0.25) is 0 Å². The second kappa shape index (κ2) is 7.40. The zero-order chi connectivity index (χ0) is 14.6. The lowest BCUT2D eigenvalue weighted by Gasteiger charge is -2.39. The Balaban J connectivity index is 2.08. The van der Waals surface area contributed by atoms with Gasteiger partial charge in [0.1, 0.15) is 0 Å². The van der Waals surface area contributed by atoms with Crippen LogP contribution in [0.5, 0.6) is 0 Å². The van der Waals surface area contributed by atoms with Crippen LogP contribution in [0.4, 0.5) is 0 Å². The first-order valence-corrected chi connectivity index (χ1v) is 9.34. The molecule has 2 rings (SSSR count). The third-order valence-electron chi connectivity index (χ3n) is 4.26. The van der Waals surface area contributed by atoms with Gasteiger partial charge in [0.15, 0.2) is 0 Å². The number of hydrogen-bond acceptors (Lipinski definition) is 3. The highest BCUT2D eigenvalue weighted by molar-refractivity contribution is 7.86. The van der Waals surface area contributed by atoms with Gasteiger partial charge in [-0.15, -0.1) is 11.6 Å². The first-order chi connectivity index (χ1) is 9.59. The van der Waals surface area contributed by atoms with Crippen LogP contribution in [0.2, 0.25) is 0 Å². The Kier molecular flexibility index (Phi) is 6.10. The van der Waals surface area contributed by atoms with Crippen LogP contribution in [0.15, 0.2) is 0 Å². The van der Waals surface area contributed by atoms with Crippen LogP contribution < -0.4 is 0 Å². The fourth-order valence-corrected chi connectivity index (χ4v) is 5.56. The molecule has 0 spiro atoms. The fraction of sp³-hybridized carbons (Fsp3) is 1.00. The number of nitrogens with zero attached hydrogens (tertiary/aromatic N) is 2. The van der Waals surface area contributed by atoms with Gasteiger partial charge >= 0.3 is 0 Å². The van der Waals surface area contributed by atoms with Crippen molar-refractivity contribution in [3.05, 3.63) is 0 Å². The second-order valence-corrected chi connectivity index (χ2v) is 7.93. The smallest absolute Gasteiger partial charge is 0.282 e. The monoisotopic (exact) mass is 324 g/mol. The molecule has 0 aliphatic carbocycles. The number of halogens is 1. The van der Waals surface area contributed by atoms with Gasteiger partial charge in [0.25, 0.3) is 10.2 Å². The predicted molar refractivity (Wildman–Crippen MR) is 80.2 cm³/mol. The molecule has 0 aromatic rings. The molecule has 0 aromatic heterocycles. The minimum absolute atomic E-state index is 0.0433. The molecule has 7 heteroatoms. The Hall–Kier alpha value is 0.120. The molecule has 2 aliphatic heterocycles. The molecule has 2 unspecified atom stereocenters. The Bertz CT molecular complexity index is 402. The van der Waals surface area contributed by atoms with Crippen molar-refractivity contribution in [2.75, 3.05) is 39.2 Å². The van der Waals surface area contributed by atoms with E-state index in [0.717, 1.165) is 32.1 Å². The summed E-state index contributed by atoms with van der Waals surface area (Å²) in [6, 6.07) is -0.0433. The van der Waals surface area contributed by atoms with Crippen LogP contribution >= 0.6 is 11.6 Å². The lowest BCUT2D eigenvalue weighted by Crippen LogP contribution is -2.53. The van der Waals surface area contributed by atoms with E-state index in [0.29, 0.717) is 38.0 Å². The zero-order valence-electron chi connectivity index (χ0n) is 12.1. The van der Waals surface area contributed by atoms with Crippen molar-refractivity contribution < 1.29 is 13.2 Å². The first kappa shape index (κ1) is 16.5. The van der Waals surface area contributed by atoms with E-state index in [4.69, 9.17) is 16.3 Å². The van der Waals surface area contributed by atoms with Crippen LogP contribution in [0.25, 0.3) is 0 Å². The lowest BCUT2D eigenvalue weighted by molar-refractivity contribution is 0.114. The van der Waals surface area contributed by atoms with Crippen LogP contribution in [0.3, 0.4) is 0 Å². The van der Waals surface area contributed by atoms with Crippen LogP contribution in [-0.2, 0) is 14.9 Å². The number of alkyl halides is 1. The third-order valence-corrected chi connectivity index (χ3v) is 6.67. The Labute approximate surface area is 127 Å². The standard InChI is InChI=1S/C13H25ClN2O3S/c1-19-11-12-5-4-7-15(10-12)20(17,18)16-8-3-2-6-13(16)9-14/h12-13H,2-11H2,1H3. The molecule has 0 N–H and O–H groups in total. The van der Waals surface area contributed by atoms with Gasteiger partial charge in [-0.25, -0.2) is 0 Å². The van der Waals surface area contributed by atoms with E-state index in [1.54, 1.807) is 15.7 Å². The maximum absolute atomic E-state index is 12.8. The molecule has 2 heterocycles. The highest BCUT2D eigenvalue weighted by Gasteiger charge is 2.38. The highest BCUT2D eigenvalue weighted by Crippen LogP contribution is 2.27. The number of piperidine rings is 2. The molecule has 0 bridgehead atoms. The quantitative estimate of drug-likeness (QED) is 0.723. The summed E-state index contributed by atoms with van der Waals surface area (Å²) in [7, 11) is -1.70. The first-order valence-electron chi connectivity index (χ1n) is 7.41. The van der Waals surface area contributed by atoms with E-state index in [1.807, 2.05) is 0 Å².